The number of phenolic OH excluding ortho intramolecular Hbond substituents is 2. The van der Waals surface area contributed by atoms with Gasteiger partial charge in [0.25, 0.3) is 0 Å². The van der Waals surface area contributed by atoms with E-state index in [0.717, 1.165) is 0 Å². The minimum absolute atomic E-state index is 0.0613. The Hall–Kier alpha value is -5.18. The summed E-state index contributed by atoms with van der Waals surface area (Å²) in [6.45, 7) is 0. The van der Waals surface area contributed by atoms with Crippen LogP contribution in [-0.4, -0.2) is 85.3 Å². The Morgan fingerprint density at radius 2 is 1.02 bits per heavy atom. The molecular formula is C27H32N4O11. The van der Waals surface area contributed by atoms with Crippen LogP contribution in [0.25, 0.3) is 0 Å². The highest BCUT2D eigenvalue weighted by molar-refractivity contribution is 5.95. The molecular weight excluding hydrogens is 556 g/mol. The van der Waals surface area contributed by atoms with Gasteiger partial charge in [0.2, 0.25) is 17.7 Å². The fourth-order valence-electron chi connectivity index (χ4n) is 3.78. The van der Waals surface area contributed by atoms with Crippen molar-refractivity contribution in [3.05, 3.63) is 59.7 Å². The fourth-order valence-corrected chi connectivity index (χ4v) is 3.78. The summed E-state index contributed by atoms with van der Waals surface area (Å²) in [6.07, 6.45) is -2.07. The lowest BCUT2D eigenvalue weighted by molar-refractivity contribution is -0.143. The number of carbonyl (C=O) groups is 6. The molecule has 15 heteroatoms. The normalized spacial score (nSPS) is 13.5. The minimum Gasteiger partial charge on any atom is -0.508 e. The Morgan fingerprint density at radius 3 is 1.40 bits per heavy atom. The molecule has 226 valence electrons. The first-order chi connectivity index (χ1) is 19.7. The van der Waals surface area contributed by atoms with E-state index >= 15 is 0 Å². The molecule has 0 aliphatic rings. The van der Waals surface area contributed by atoms with Gasteiger partial charge in [-0.2, -0.15) is 0 Å². The maximum atomic E-state index is 13.4. The number of amides is 3. The summed E-state index contributed by atoms with van der Waals surface area (Å²) < 4.78 is 0. The van der Waals surface area contributed by atoms with Crippen molar-refractivity contribution >= 4 is 35.6 Å². The largest absolute Gasteiger partial charge is 0.508 e. The summed E-state index contributed by atoms with van der Waals surface area (Å²) in [5.41, 5.74) is 6.56. The van der Waals surface area contributed by atoms with Crippen molar-refractivity contribution in [2.45, 2.75) is 56.3 Å². The number of hydrogen-bond acceptors (Lipinski definition) is 9. The van der Waals surface area contributed by atoms with Gasteiger partial charge >= 0.3 is 17.9 Å². The highest BCUT2D eigenvalue weighted by Crippen LogP contribution is 2.14. The number of rotatable bonds is 16. The third-order valence-electron chi connectivity index (χ3n) is 6.01. The predicted molar refractivity (Wildman–Crippen MR) is 144 cm³/mol. The predicted octanol–water partition coefficient (Wildman–Crippen LogP) is -0.911. The average Bonchev–Trinajstić information content (AvgIpc) is 2.91. The van der Waals surface area contributed by atoms with Crippen molar-refractivity contribution in [3.63, 3.8) is 0 Å². The summed E-state index contributed by atoms with van der Waals surface area (Å²) in [5.74, 6) is -7.09. The Kier molecular flexibility index (Phi) is 12.2. The molecule has 2 rings (SSSR count). The first-order valence-electron chi connectivity index (χ1n) is 12.6. The number of carbonyl (C=O) groups excluding carboxylic acids is 3. The maximum absolute atomic E-state index is 13.4. The van der Waals surface area contributed by atoms with Crippen LogP contribution in [0.15, 0.2) is 48.5 Å². The summed E-state index contributed by atoms with van der Waals surface area (Å²) in [4.78, 5) is 72.8. The average molecular weight is 589 g/mol. The van der Waals surface area contributed by atoms with Crippen LogP contribution in [0.2, 0.25) is 0 Å². The van der Waals surface area contributed by atoms with Gasteiger partial charge in [-0.05, 0) is 41.8 Å². The molecule has 4 unspecified atom stereocenters. The van der Waals surface area contributed by atoms with Crippen molar-refractivity contribution in [3.8, 4) is 11.5 Å². The third-order valence-corrected chi connectivity index (χ3v) is 6.01. The van der Waals surface area contributed by atoms with Crippen molar-refractivity contribution in [1.29, 1.82) is 0 Å². The lowest BCUT2D eigenvalue weighted by atomic mass is 10.0. The van der Waals surface area contributed by atoms with E-state index in [4.69, 9.17) is 15.9 Å². The van der Waals surface area contributed by atoms with Gasteiger partial charge in [0.15, 0.2) is 0 Å². The summed E-state index contributed by atoms with van der Waals surface area (Å²) in [6, 6.07) is 5.29. The summed E-state index contributed by atoms with van der Waals surface area (Å²) in [7, 11) is 0. The van der Waals surface area contributed by atoms with E-state index < -0.39 is 79.1 Å². The molecule has 4 atom stereocenters. The monoisotopic (exact) mass is 588 g/mol. The second kappa shape index (κ2) is 15.6. The van der Waals surface area contributed by atoms with Gasteiger partial charge in [0, 0.05) is 19.3 Å². The summed E-state index contributed by atoms with van der Waals surface area (Å²) >= 11 is 0. The first kappa shape index (κ1) is 33.0. The molecule has 0 spiro atoms. The third kappa shape index (κ3) is 11.1. The Bertz CT molecular complexity index is 1280. The fraction of sp³-hybridized carbons (Fsp3) is 0.333. The Morgan fingerprint density at radius 1 is 0.619 bits per heavy atom. The van der Waals surface area contributed by atoms with Crippen LogP contribution in [-0.2, 0) is 41.6 Å². The van der Waals surface area contributed by atoms with Gasteiger partial charge in [-0.3, -0.25) is 24.0 Å². The quantitative estimate of drug-likeness (QED) is 0.115. The zero-order valence-corrected chi connectivity index (χ0v) is 22.2. The molecule has 2 aromatic rings. The number of nitrogens with two attached hydrogens (primary N) is 1. The number of carboxylic acid groups (broad SMARTS) is 3. The number of aliphatic carboxylic acids is 3. The number of nitrogens with one attached hydrogen (secondary N) is 3. The highest BCUT2D eigenvalue weighted by atomic mass is 16.4. The molecule has 2 aromatic carbocycles. The first-order valence-corrected chi connectivity index (χ1v) is 12.6. The lowest BCUT2D eigenvalue weighted by Gasteiger charge is -2.25. The van der Waals surface area contributed by atoms with Gasteiger partial charge in [0.1, 0.15) is 29.6 Å². The minimum atomic E-state index is -1.59. The SMILES string of the molecule is NC(CC(=O)O)C(=O)NC(Cc1ccc(O)cc1)C(=O)NC(Cc1ccc(O)cc1)C(=O)NC(CCC(=O)O)C(=O)O. The number of hydrogen-bond donors (Lipinski definition) is 9. The van der Waals surface area contributed by atoms with E-state index in [9.17, 15) is 44.1 Å². The lowest BCUT2D eigenvalue weighted by Crippen LogP contribution is -2.58. The highest BCUT2D eigenvalue weighted by Gasteiger charge is 2.31. The van der Waals surface area contributed by atoms with E-state index in [1.807, 2.05) is 0 Å². The van der Waals surface area contributed by atoms with E-state index in [0.29, 0.717) is 11.1 Å². The molecule has 0 fully saturated rings. The zero-order chi connectivity index (χ0) is 31.4. The van der Waals surface area contributed by atoms with E-state index in [2.05, 4.69) is 16.0 Å². The number of aromatic hydroxyl groups is 2. The van der Waals surface area contributed by atoms with Crippen molar-refractivity contribution in [2.24, 2.45) is 5.73 Å². The molecule has 3 amide bonds. The number of benzene rings is 2. The standard InChI is InChI=1S/C27H32N4O11/c28-18(13-23(36)37)24(38)30-20(11-14-1-5-16(32)6-2-14)26(40)31-21(12-15-3-7-17(33)8-4-15)25(39)29-19(27(41)42)9-10-22(34)35/h1-8,18-21,32-33H,9-13,28H2,(H,29,39)(H,30,38)(H,31,40)(H,34,35)(H,36,37)(H,41,42). The molecule has 15 nitrogen and oxygen atoms in total. The van der Waals surface area contributed by atoms with Crippen LogP contribution in [0.5, 0.6) is 11.5 Å². The Balaban J connectivity index is 2.34. The van der Waals surface area contributed by atoms with Crippen LogP contribution >= 0.6 is 0 Å². The van der Waals surface area contributed by atoms with Gasteiger partial charge in [0.05, 0.1) is 12.5 Å². The number of phenols is 2. The number of carboxylic acids is 3. The van der Waals surface area contributed by atoms with Gasteiger partial charge < -0.3 is 47.2 Å². The van der Waals surface area contributed by atoms with Crippen LogP contribution in [0.1, 0.15) is 30.4 Å². The molecule has 0 aliphatic heterocycles. The second-order valence-corrected chi connectivity index (χ2v) is 9.40. The van der Waals surface area contributed by atoms with Gasteiger partial charge in [-0.1, -0.05) is 24.3 Å². The van der Waals surface area contributed by atoms with Crippen molar-refractivity contribution < 1.29 is 54.3 Å². The molecule has 0 saturated carbocycles. The second-order valence-electron chi connectivity index (χ2n) is 9.40. The van der Waals surface area contributed by atoms with Crippen molar-refractivity contribution in [1.82, 2.24) is 16.0 Å². The molecule has 0 saturated heterocycles. The molecule has 0 bridgehead atoms. The van der Waals surface area contributed by atoms with Gasteiger partial charge in [-0.25, -0.2) is 4.79 Å². The summed E-state index contributed by atoms with van der Waals surface area (Å²) in [5, 5.41) is 53.5. The Labute approximate surface area is 239 Å². The molecule has 0 radical (unpaired) electrons. The van der Waals surface area contributed by atoms with Crippen LogP contribution in [0, 0.1) is 0 Å². The van der Waals surface area contributed by atoms with Crippen molar-refractivity contribution in [2.75, 3.05) is 0 Å². The van der Waals surface area contributed by atoms with E-state index in [-0.39, 0.29) is 24.3 Å². The molecule has 42 heavy (non-hydrogen) atoms. The van der Waals surface area contributed by atoms with E-state index in [1.54, 1.807) is 0 Å². The smallest absolute Gasteiger partial charge is 0.326 e. The maximum Gasteiger partial charge on any atom is 0.326 e. The molecule has 0 aliphatic carbocycles. The van der Waals surface area contributed by atoms with Crippen LogP contribution < -0.4 is 21.7 Å². The topological polar surface area (TPSA) is 266 Å². The molecule has 0 heterocycles. The molecule has 0 aromatic heterocycles. The zero-order valence-electron chi connectivity index (χ0n) is 22.2. The van der Waals surface area contributed by atoms with Crippen LogP contribution in [0.4, 0.5) is 0 Å². The van der Waals surface area contributed by atoms with E-state index in [1.165, 1.54) is 48.5 Å². The molecule has 10 N–H and O–H groups in total. The van der Waals surface area contributed by atoms with Crippen LogP contribution in [0.3, 0.4) is 0 Å². The van der Waals surface area contributed by atoms with Gasteiger partial charge in [-0.15, -0.1) is 0 Å².